The minimum Gasteiger partial charge on any atom is -0.246 e. The topological polar surface area (TPSA) is 30.7 Å². The lowest BCUT2D eigenvalue weighted by atomic mass is 10.0. The van der Waals surface area contributed by atoms with Crippen molar-refractivity contribution >= 4 is 0 Å². The molecule has 0 amide bonds. The van der Waals surface area contributed by atoms with E-state index in [1.165, 1.54) is 18.5 Å². The van der Waals surface area contributed by atoms with Gasteiger partial charge in [0.1, 0.15) is 0 Å². The van der Waals surface area contributed by atoms with Crippen molar-refractivity contribution in [2.75, 3.05) is 0 Å². The number of fused-ring (bicyclic) bond motifs is 1. The summed E-state index contributed by atoms with van der Waals surface area (Å²) >= 11 is 0. The van der Waals surface area contributed by atoms with Gasteiger partial charge in [-0.25, -0.2) is 4.68 Å². The summed E-state index contributed by atoms with van der Waals surface area (Å²) in [7, 11) is 0. The minimum atomic E-state index is 0.613. The molecule has 0 radical (unpaired) electrons. The van der Waals surface area contributed by atoms with Crippen LogP contribution >= 0.6 is 0 Å². The second-order valence-corrected chi connectivity index (χ2v) is 3.99. The first kappa shape index (κ1) is 7.77. The normalized spacial score (nSPS) is 21.8. The molecule has 0 bridgehead atoms. The van der Waals surface area contributed by atoms with Gasteiger partial charge in [0.05, 0.1) is 17.9 Å². The van der Waals surface area contributed by atoms with E-state index in [1.807, 2.05) is 6.20 Å². The van der Waals surface area contributed by atoms with E-state index < -0.39 is 0 Å². The molecule has 1 aromatic heterocycles. The fourth-order valence-corrected chi connectivity index (χ4v) is 1.95. The Kier molecular flexibility index (Phi) is 1.87. The molecule has 0 spiro atoms. The van der Waals surface area contributed by atoms with Gasteiger partial charge >= 0.3 is 0 Å². The molecule has 0 saturated heterocycles. The predicted molar refractivity (Wildman–Crippen MR) is 46.8 cm³/mol. The largest absolute Gasteiger partial charge is 0.246 e. The molecular formula is C9H15N3. The zero-order chi connectivity index (χ0) is 8.55. The molecule has 66 valence electrons. The van der Waals surface area contributed by atoms with Crippen molar-refractivity contribution in [1.82, 2.24) is 15.0 Å². The average molecular weight is 165 g/mol. The maximum Gasteiger partial charge on any atom is 0.0725 e. The van der Waals surface area contributed by atoms with Crippen LogP contribution in [0.3, 0.4) is 0 Å². The van der Waals surface area contributed by atoms with Crippen LogP contribution in [-0.4, -0.2) is 15.0 Å². The zero-order valence-electron chi connectivity index (χ0n) is 7.70. The van der Waals surface area contributed by atoms with E-state index in [4.69, 9.17) is 0 Å². The molecule has 0 aromatic carbocycles. The van der Waals surface area contributed by atoms with Gasteiger partial charge in [-0.05, 0) is 25.2 Å². The Morgan fingerprint density at radius 1 is 1.67 bits per heavy atom. The molecule has 1 aliphatic rings. The highest BCUT2D eigenvalue weighted by atomic mass is 15.4. The van der Waals surface area contributed by atoms with Crippen molar-refractivity contribution in [3.8, 4) is 0 Å². The van der Waals surface area contributed by atoms with Gasteiger partial charge < -0.3 is 0 Å². The van der Waals surface area contributed by atoms with Crippen molar-refractivity contribution < 1.29 is 0 Å². The molecule has 1 aliphatic heterocycles. The molecule has 0 fully saturated rings. The number of aryl methyl sites for hydroxylation is 1. The zero-order valence-corrected chi connectivity index (χ0v) is 7.70. The monoisotopic (exact) mass is 165 g/mol. The van der Waals surface area contributed by atoms with E-state index in [0.717, 1.165) is 12.3 Å². The summed E-state index contributed by atoms with van der Waals surface area (Å²) < 4.78 is 2.10. The van der Waals surface area contributed by atoms with Crippen LogP contribution in [-0.2, 0) is 6.42 Å². The molecule has 12 heavy (non-hydrogen) atoms. The molecule has 0 aliphatic carbocycles. The van der Waals surface area contributed by atoms with Crippen LogP contribution < -0.4 is 0 Å². The smallest absolute Gasteiger partial charge is 0.0725 e. The molecule has 0 N–H and O–H groups in total. The van der Waals surface area contributed by atoms with Crippen molar-refractivity contribution in [2.45, 2.75) is 39.2 Å². The van der Waals surface area contributed by atoms with E-state index in [-0.39, 0.29) is 0 Å². The Balaban J connectivity index is 2.12. The first-order chi connectivity index (χ1) is 5.77. The summed E-state index contributed by atoms with van der Waals surface area (Å²) in [4.78, 5) is 0. The van der Waals surface area contributed by atoms with Crippen molar-refractivity contribution in [3.63, 3.8) is 0 Å². The van der Waals surface area contributed by atoms with Gasteiger partial charge in [0, 0.05) is 0 Å². The van der Waals surface area contributed by atoms with Crippen LogP contribution in [0.25, 0.3) is 0 Å². The summed E-state index contributed by atoms with van der Waals surface area (Å²) in [6.45, 7) is 4.52. The van der Waals surface area contributed by atoms with Crippen LogP contribution in [0.4, 0.5) is 0 Å². The summed E-state index contributed by atoms with van der Waals surface area (Å²) in [6.07, 6.45) is 5.53. The van der Waals surface area contributed by atoms with Crippen molar-refractivity contribution in [2.24, 2.45) is 5.92 Å². The van der Waals surface area contributed by atoms with Crippen LogP contribution in [0.5, 0.6) is 0 Å². The standard InChI is InChI=1S/C9H15N3/c1-7(2)5-8-3-4-9-6-10-11-12(8)9/h6-8H,3-5H2,1-2H3. The van der Waals surface area contributed by atoms with E-state index in [0.29, 0.717) is 6.04 Å². The molecule has 1 atom stereocenters. The SMILES string of the molecule is CC(C)CC1CCc2cnnn21. The second-order valence-electron chi connectivity index (χ2n) is 3.99. The van der Waals surface area contributed by atoms with E-state index in [2.05, 4.69) is 28.8 Å². The lowest BCUT2D eigenvalue weighted by Crippen LogP contribution is -2.08. The molecule has 2 heterocycles. The van der Waals surface area contributed by atoms with E-state index in [1.54, 1.807) is 0 Å². The van der Waals surface area contributed by atoms with Gasteiger partial charge in [0.15, 0.2) is 0 Å². The Morgan fingerprint density at radius 3 is 3.25 bits per heavy atom. The number of rotatable bonds is 2. The Labute approximate surface area is 72.8 Å². The van der Waals surface area contributed by atoms with Crippen LogP contribution in [0.15, 0.2) is 6.20 Å². The first-order valence-electron chi connectivity index (χ1n) is 4.66. The van der Waals surface area contributed by atoms with Gasteiger partial charge in [-0.1, -0.05) is 19.1 Å². The molecule has 0 saturated carbocycles. The number of hydrogen-bond donors (Lipinski definition) is 0. The third-order valence-electron chi connectivity index (χ3n) is 2.47. The fraction of sp³-hybridized carbons (Fsp3) is 0.778. The molecule has 3 heteroatoms. The number of aromatic nitrogens is 3. The molecule has 3 nitrogen and oxygen atoms in total. The first-order valence-corrected chi connectivity index (χ1v) is 4.66. The van der Waals surface area contributed by atoms with Crippen LogP contribution in [0.1, 0.15) is 38.4 Å². The number of hydrogen-bond acceptors (Lipinski definition) is 2. The highest BCUT2D eigenvalue weighted by Crippen LogP contribution is 2.28. The van der Waals surface area contributed by atoms with E-state index in [9.17, 15) is 0 Å². The maximum absolute atomic E-state index is 4.10. The van der Waals surface area contributed by atoms with Gasteiger partial charge in [0.25, 0.3) is 0 Å². The predicted octanol–water partition coefficient (Wildman–Crippen LogP) is 1.81. The molecule has 1 unspecified atom stereocenters. The fourth-order valence-electron chi connectivity index (χ4n) is 1.95. The van der Waals surface area contributed by atoms with Gasteiger partial charge in [-0.15, -0.1) is 5.10 Å². The van der Waals surface area contributed by atoms with Crippen LogP contribution in [0, 0.1) is 5.92 Å². The van der Waals surface area contributed by atoms with Crippen LogP contribution in [0.2, 0.25) is 0 Å². The third kappa shape index (κ3) is 1.24. The van der Waals surface area contributed by atoms with Gasteiger partial charge in [-0.2, -0.15) is 0 Å². The molecule has 1 aromatic rings. The quantitative estimate of drug-likeness (QED) is 0.669. The highest BCUT2D eigenvalue weighted by molar-refractivity contribution is 5.02. The highest BCUT2D eigenvalue weighted by Gasteiger charge is 2.23. The van der Waals surface area contributed by atoms with Crippen molar-refractivity contribution in [3.05, 3.63) is 11.9 Å². The molecular weight excluding hydrogens is 150 g/mol. The minimum absolute atomic E-state index is 0.613. The maximum atomic E-state index is 4.10. The van der Waals surface area contributed by atoms with Gasteiger partial charge in [0.2, 0.25) is 0 Å². The number of nitrogens with zero attached hydrogens (tertiary/aromatic N) is 3. The summed E-state index contributed by atoms with van der Waals surface area (Å²) in [5.41, 5.74) is 1.31. The summed E-state index contributed by atoms with van der Waals surface area (Å²) in [6, 6.07) is 0.613. The summed E-state index contributed by atoms with van der Waals surface area (Å²) in [5.74, 6) is 0.755. The summed E-state index contributed by atoms with van der Waals surface area (Å²) in [5, 5.41) is 8.01. The Hall–Kier alpha value is -0.860. The Bertz CT molecular complexity index is 264. The van der Waals surface area contributed by atoms with Crippen molar-refractivity contribution in [1.29, 1.82) is 0 Å². The van der Waals surface area contributed by atoms with E-state index >= 15 is 0 Å². The molecule has 2 rings (SSSR count). The second kappa shape index (κ2) is 2.88. The average Bonchev–Trinajstić information content (AvgIpc) is 2.52. The lowest BCUT2D eigenvalue weighted by Gasteiger charge is -2.12. The van der Waals surface area contributed by atoms with Gasteiger partial charge in [-0.3, -0.25) is 0 Å². The Morgan fingerprint density at radius 2 is 2.50 bits per heavy atom. The lowest BCUT2D eigenvalue weighted by molar-refractivity contribution is 0.380. The third-order valence-corrected chi connectivity index (χ3v) is 2.47.